The van der Waals surface area contributed by atoms with Gasteiger partial charge in [-0.2, -0.15) is 0 Å². The Morgan fingerprint density at radius 1 is 0.605 bits per heavy atom. The van der Waals surface area contributed by atoms with Crippen molar-refractivity contribution >= 4 is 33.1 Å². The third kappa shape index (κ3) is 9.97. The zero-order valence-corrected chi connectivity index (χ0v) is 30.1. The number of rotatable bonds is 7. The Hall–Kier alpha value is -3.10. The summed E-state index contributed by atoms with van der Waals surface area (Å²) < 4.78 is 6.63. The molecule has 3 heteroatoms. The molecule has 43 heavy (non-hydrogen) atoms. The average molecular weight is 660 g/mol. The Kier molecular flexibility index (Phi) is 13.2. The normalized spacial score (nSPS) is 16.8. The van der Waals surface area contributed by atoms with Gasteiger partial charge in [0.15, 0.2) is 9.76 Å². The van der Waals surface area contributed by atoms with E-state index in [9.17, 15) is 0 Å². The Labute approximate surface area is 273 Å². The number of allylic oxidation sites excluding steroid dienone is 6. The van der Waals surface area contributed by atoms with Gasteiger partial charge in [0.25, 0.3) is 0 Å². The molecule has 0 radical (unpaired) electrons. The Balaban J connectivity index is 0.000000171. The standard InChI is InChI=1S/C16H14.2C10H9.C4H12OSi.Zr/c1-3-9-15(10-4-1)13-7-8-14-16-11-5-2-6-12-16;2*1-8-6-7-9-4-2-3-5-10(8)9;1-4(2)5-6-3;/h1-14H;2*2-7H,1H3;4H,6H2,1-3H3;. The van der Waals surface area contributed by atoms with Crippen molar-refractivity contribution in [2.24, 2.45) is 0 Å². The van der Waals surface area contributed by atoms with Crippen LogP contribution in [0, 0.1) is 0 Å². The van der Waals surface area contributed by atoms with Crippen LogP contribution in [0.4, 0.5) is 0 Å². The van der Waals surface area contributed by atoms with E-state index in [0.717, 1.165) is 7.25 Å². The zero-order valence-electron chi connectivity index (χ0n) is 26.2. The maximum absolute atomic E-state index is 5.18. The molecule has 0 aromatic heterocycles. The molecule has 6 rings (SSSR count). The second-order valence-corrected chi connectivity index (χ2v) is 15.8. The Morgan fingerprint density at radius 3 is 1.37 bits per heavy atom. The van der Waals surface area contributed by atoms with E-state index in [4.69, 9.17) is 4.43 Å². The van der Waals surface area contributed by atoms with Gasteiger partial charge in [0, 0.05) is 6.10 Å². The third-order valence-electron chi connectivity index (χ3n) is 7.42. The molecular formula is C40H44OSiZr. The van der Waals surface area contributed by atoms with Crippen LogP contribution in [0.25, 0.3) is 23.3 Å². The summed E-state index contributed by atoms with van der Waals surface area (Å²) in [5.41, 5.74) is 11.5. The van der Waals surface area contributed by atoms with Gasteiger partial charge in [-0.25, -0.2) is 0 Å². The minimum Gasteiger partial charge on any atom is -0.422 e. The van der Waals surface area contributed by atoms with Crippen LogP contribution in [0.3, 0.4) is 0 Å². The SMILES string of the molecule is C(C=Cc1ccccc1)=Cc1ccccc1.CC1=C[CH]([Zr][CH]2C=C(C)c3ccccc32)c2ccccc21.C[SiH2]OC(C)C. The first-order valence-electron chi connectivity index (χ1n) is 15.3. The van der Waals surface area contributed by atoms with Crippen LogP contribution in [0.2, 0.25) is 6.55 Å². The molecule has 2 unspecified atom stereocenters. The van der Waals surface area contributed by atoms with Crippen molar-refractivity contribution in [2.75, 3.05) is 0 Å². The van der Waals surface area contributed by atoms with Gasteiger partial charge in [-0.05, 0) is 25.0 Å². The summed E-state index contributed by atoms with van der Waals surface area (Å²) in [7, 11) is -0.133. The van der Waals surface area contributed by atoms with Gasteiger partial charge in [-0.3, -0.25) is 0 Å². The molecule has 1 nitrogen and oxygen atoms in total. The third-order valence-corrected chi connectivity index (χ3v) is 12.5. The van der Waals surface area contributed by atoms with Gasteiger partial charge >= 0.3 is 138 Å². The average Bonchev–Trinajstić information content (AvgIpc) is 3.52. The first kappa shape index (κ1) is 32.8. The molecule has 0 aliphatic heterocycles. The van der Waals surface area contributed by atoms with E-state index in [2.05, 4.69) is 143 Å². The Bertz CT molecular complexity index is 1440. The molecule has 218 valence electrons. The fourth-order valence-corrected chi connectivity index (χ4v) is 10.8. The van der Waals surface area contributed by atoms with Crippen molar-refractivity contribution in [2.45, 2.75) is 47.6 Å². The summed E-state index contributed by atoms with van der Waals surface area (Å²) in [6.07, 6.45) is 13.8. The summed E-state index contributed by atoms with van der Waals surface area (Å²) in [4.78, 5) is 0. The molecule has 2 atom stereocenters. The molecule has 0 spiro atoms. The molecule has 0 heterocycles. The summed E-state index contributed by atoms with van der Waals surface area (Å²) in [5.74, 6) is 0. The van der Waals surface area contributed by atoms with Crippen molar-refractivity contribution in [1.82, 2.24) is 0 Å². The van der Waals surface area contributed by atoms with Gasteiger partial charge in [0.1, 0.15) is 0 Å². The maximum Gasteiger partial charge on any atom is 0.158 e. The van der Waals surface area contributed by atoms with Crippen LogP contribution in [-0.4, -0.2) is 15.9 Å². The quantitative estimate of drug-likeness (QED) is 0.142. The van der Waals surface area contributed by atoms with Crippen LogP contribution in [0.1, 0.15) is 68.3 Å². The molecule has 0 bridgehead atoms. The van der Waals surface area contributed by atoms with Gasteiger partial charge < -0.3 is 4.43 Å². The van der Waals surface area contributed by atoms with Gasteiger partial charge in [-0.1, -0.05) is 91.5 Å². The largest absolute Gasteiger partial charge is 0.422 e. The first-order valence-corrected chi connectivity index (χ1v) is 20.2. The number of fused-ring (bicyclic) bond motifs is 2. The van der Waals surface area contributed by atoms with E-state index in [1.807, 2.05) is 36.4 Å². The predicted molar refractivity (Wildman–Crippen MR) is 187 cm³/mol. The van der Waals surface area contributed by atoms with Crippen LogP contribution in [0.5, 0.6) is 0 Å². The van der Waals surface area contributed by atoms with Crippen LogP contribution >= 0.6 is 0 Å². The van der Waals surface area contributed by atoms with Crippen LogP contribution < -0.4 is 0 Å². The minimum atomic E-state index is -0.595. The molecule has 0 saturated carbocycles. The van der Waals surface area contributed by atoms with Crippen LogP contribution in [0.15, 0.2) is 133 Å². The van der Waals surface area contributed by atoms with Crippen molar-refractivity contribution < 1.29 is 27.7 Å². The molecule has 0 fully saturated rings. The minimum absolute atomic E-state index is 0.133. The number of hydrogen-bond acceptors (Lipinski definition) is 1. The number of hydrogen-bond donors (Lipinski definition) is 0. The predicted octanol–water partition coefficient (Wildman–Crippen LogP) is 10.3. The first-order chi connectivity index (χ1) is 21.0. The molecule has 0 N–H and O–H groups in total. The fraction of sp³-hybridized carbons (Fsp3) is 0.200. The maximum atomic E-state index is 5.18. The summed E-state index contributed by atoms with van der Waals surface area (Å²) in [6, 6.07) is 38.5. The molecule has 0 saturated heterocycles. The molecule has 2 aliphatic carbocycles. The number of benzene rings is 4. The van der Waals surface area contributed by atoms with Gasteiger partial charge in [-0.15, -0.1) is 0 Å². The molecule has 4 aromatic carbocycles. The monoisotopic (exact) mass is 658 g/mol. The van der Waals surface area contributed by atoms with Gasteiger partial charge in [0.05, 0.1) is 0 Å². The molecular weight excluding hydrogens is 616 g/mol. The smallest absolute Gasteiger partial charge is 0.158 e. The zero-order chi connectivity index (χ0) is 30.4. The molecule has 2 aliphatic rings. The summed E-state index contributed by atoms with van der Waals surface area (Å²) >= 11 is -0.595. The van der Waals surface area contributed by atoms with E-state index < -0.39 is 23.2 Å². The van der Waals surface area contributed by atoms with Crippen LogP contribution in [-0.2, 0) is 27.7 Å². The van der Waals surface area contributed by atoms with E-state index in [1.165, 1.54) is 33.4 Å². The topological polar surface area (TPSA) is 9.23 Å². The van der Waals surface area contributed by atoms with Gasteiger partial charge in [0.2, 0.25) is 0 Å². The molecule has 0 amide bonds. The summed E-state index contributed by atoms with van der Waals surface area (Å²) in [6.45, 7) is 10.8. The van der Waals surface area contributed by atoms with Crippen molar-refractivity contribution in [3.05, 3.63) is 167 Å². The molecule has 4 aromatic rings. The summed E-state index contributed by atoms with van der Waals surface area (Å²) in [5, 5.41) is 0. The van der Waals surface area contributed by atoms with E-state index in [1.54, 1.807) is 11.1 Å². The second-order valence-electron chi connectivity index (χ2n) is 11.0. The van der Waals surface area contributed by atoms with E-state index in [-0.39, 0.29) is 9.76 Å². The van der Waals surface area contributed by atoms with E-state index in [0.29, 0.717) is 6.10 Å². The van der Waals surface area contributed by atoms with Crippen molar-refractivity contribution in [3.63, 3.8) is 0 Å². The Morgan fingerprint density at radius 2 is 1.00 bits per heavy atom. The second kappa shape index (κ2) is 17.3. The van der Waals surface area contributed by atoms with Crippen molar-refractivity contribution in [3.8, 4) is 0 Å². The van der Waals surface area contributed by atoms with E-state index >= 15 is 0 Å². The fourth-order valence-electron chi connectivity index (χ4n) is 5.38. The van der Waals surface area contributed by atoms with Crippen molar-refractivity contribution in [1.29, 1.82) is 0 Å².